The molecule has 2 aliphatic rings. The van der Waals surface area contributed by atoms with Crippen LogP contribution in [0.4, 0.5) is 0 Å². The lowest BCUT2D eigenvalue weighted by Crippen LogP contribution is -2.43. The Morgan fingerprint density at radius 1 is 1.26 bits per heavy atom. The summed E-state index contributed by atoms with van der Waals surface area (Å²) in [6.45, 7) is 7.92. The van der Waals surface area contributed by atoms with Crippen LogP contribution in [0.5, 0.6) is 0 Å². The highest BCUT2D eigenvalue weighted by atomic mass is 127. The normalized spacial score (nSPS) is 26.5. The van der Waals surface area contributed by atoms with Crippen LogP contribution in [0.15, 0.2) is 35.3 Å². The van der Waals surface area contributed by atoms with Crippen LogP contribution >= 0.6 is 24.0 Å². The third kappa shape index (κ3) is 7.63. The summed E-state index contributed by atoms with van der Waals surface area (Å²) >= 11 is 0. The smallest absolute Gasteiger partial charge is 0.223 e. The third-order valence-electron chi connectivity index (χ3n) is 6.59. The minimum Gasteiger partial charge on any atom is -0.392 e. The van der Waals surface area contributed by atoms with E-state index in [-0.39, 0.29) is 41.4 Å². The first-order chi connectivity index (χ1) is 14.5. The van der Waals surface area contributed by atoms with Crippen molar-refractivity contribution < 1.29 is 9.90 Å². The van der Waals surface area contributed by atoms with Crippen molar-refractivity contribution in [2.45, 2.75) is 58.5 Å². The van der Waals surface area contributed by atoms with Crippen molar-refractivity contribution >= 4 is 35.8 Å². The lowest BCUT2D eigenvalue weighted by atomic mass is 9.73. The van der Waals surface area contributed by atoms with E-state index in [4.69, 9.17) is 4.99 Å². The summed E-state index contributed by atoms with van der Waals surface area (Å²) in [5.41, 5.74) is 1.13. The highest BCUT2D eigenvalue weighted by Crippen LogP contribution is 2.36. The number of halogens is 1. The fourth-order valence-electron chi connectivity index (χ4n) is 4.52. The predicted molar refractivity (Wildman–Crippen MR) is 137 cm³/mol. The molecular formula is C24H39IN4O2. The number of hydrogen-bond acceptors (Lipinski definition) is 3. The minimum absolute atomic E-state index is 0. The van der Waals surface area contributed by atoms with E-state index in [0.717, 1.165) is 64.2 Å². The lowest BCUT2D eigenvalue weighted by molar-refractivity contribution is -0.127. The molecule has 174 valence electrons. The van der Waals surface area contributed by atoms with Gasteiger partial charge < -0.3 is 20.6 Å². The van der Waals surface area contributed by atoms with E-state index in [9.17, 15) is 9.90 Å². The summed E-state index contributed by atoms with van der Waals surface area (Å²) in [6.07, 6.45) is 5.38. The van der Waals surface area contributed by atoms with Crippen LogP contribution in [-0.2, 0) is 11.2 Å². The van der Waals surface area contributed by atoms with Crippen molar-refractivity contribution in [3.63, 3.8) is 0 Å². The number of carbonyl (C=O) groups excluding carboxylic acids is 1. The Morgan fingerprint density at radius 2 is 2.03 bits per heavy atom. The number of likely N-dealkylation sites (tertiary alicyclic amines) is 1. The molecule has 1 aromatic carbocycles. The van der Waals surface area contributed by atoms with Gasteiger partial charge in [-0.15, -0.1) is 24.0 Å². The average Bonchev–Trinajstić information content (AvgIpc) is 3.11. The summed E-state index contributed by atoms with van der Waals surface area (Å²) in [4.78, 5) is 19.2. The minimum atomic E-state index is -0.275. The first-order valence-electron chi connectivity index (χ1n) is 11.5. The number of aliphatic imine (C=N–C) groups is 1. The van der Waals surface area contributed by atoms with Crippen LogP contribution in [0.1, 0.15) is 51.5 Å². The van der Waals surface area contributed by atoms with Gasteiger partial charge in [0, 0.05) is 43.9 Å². The van der Waals surface area contributed by atoms with Crippen LogP contribution < -0.4 is 10.6 Å². The Morgan fingerprint density at radius 3 is 2.74 bits per heavy atom. The first kappa shape index (κ1) is 25.9. The predicted octanol–water partition coefficient (Wildman–Crippen LogP) is 3.19. The molecule has 6 nitrogen and oxygen atoms in total. The Labute approximate surface area is 204 Å². The third-order valence-corrected chi connectivity index (χ3v) is 6.59. The summed E-state index contributed by atoms with van der Waals surface area (Å²) in [5.74, 6) is 1.33. The second kappa shape index (κ2) is 12.6. The molecule has 3 atom stereocenters. The molecule has 1 amide bonds. The maximum atomic E-state index is 12.4. The molecule has 1 saturated carbocycles. The van der Waals surface area contributed by atoms with E-state index in [2.05, 4.69) is 36.6 Å². The van der Waals surface area contributed by atoms with Gasteiger partial charge in [0.05, 0.1) is 12.6 Å². The number of hydrogen-bond donors (Lipinski definition) is 3. The molecule has 1 aromatic rings. The maximum Gasteiger partial charge on any atom is 0.223 e. The van der Waals surface area contributed by atoms with E-state index in [0.29, 0.717) is 18.9 Å². The number of rotatable bonds is 8. The Hall–Kier alpha value is -1.35. The Kier molecular flexibility index (Phi) is 10.6. The van der Waals surface area contributed by atoms with Gasteiger partial charge in [0.2, 0.25) is 5.91 Å². The Bertz CT molecular complexity index is 715. The molecule has 0 bridgehead atoms. The second-order valence-electron chi connectivity index (χ2n) is 9.14. The van der Waals surface area contributed by atoms with Crippen molar-refractivity contribution in [2.75, 3.05) is 32.7 Å². The largest absolute Gasteiger partial charge is 0.392 e. The van der Waals surface area contributed by atoms with Gasteiger partial charge in [-0.05, 0) is 31.7 Å². The summed E-state index contributed by atoms with van der Waals surface area (Å²) in [5, 5.41) is 17.1. The monoisotopic (exact) mass is 542 g/mol. The van der Waals surface area contributed by atoms with Gasteiger partial charge in [-0.2, -0.15) is 0 Å². The number of carbonyl (C=O) groups is 1. The number of nitrogens with zero attached hydrogens (tertiary/aromatic N) is 2. The van der Waals surface area contributed by atoms with Crippen molar-refractivity contribution in [1.82, 2.24) is 15.5 Å². The lowest BCUT2D eigenvalue weighted by Gasteiger charge is -2.37. The van der Waals surface area contributed by atoms with Crippen molar-refractivity contribution in [2.24, 2.45) is 16.3 Å². The standard InChI is InChI=1S/C24H38N4O2.HI/c1-3-25-23(27-18-24(2)13-8-7-11-21(24)29)26-16-20-15-22(30)28(17-20)14-12-19-9-5-4-6-10-19;/h4-6,9-10,20-21,29H,3,7-8,11-18H2,1-2H3,(H2,25,26,27);1H. The van der Waals surface area contributed by atoms with Crippen LogP contribution in [-0.4, -0.2) is 60.7 Å². The fraction of sp³-hybridized carbons (Fsp3) is 0.667. The van der Waals surface area contributed by atoms with Crippen LogP contribution in [0.2, 0.25) is 0 Å². The number of benzene rings is 1. The van der Waals surface area contributed by atoms with Crippen LogP contribution in [0, 0.1) is 11.3 Å². The van der Waals surface area contributed by atoms with Gasteiger partial charge in [0.1, 0.15) is 0 Å². The number of aliphatic hydroxyl groups is 1. The second-order valence-corrected chi connectivity index (χ2v) is 9.14. The fourth-order valence-corrected chi connectivity index (χ4v) is 4.52. The van der Waals surface area contributed by atoms with Gasteiger partial charge >= 0.3 is 0 Å². The van der Waals surface area contributed by atoms with Crippen molar-refractivity contribution in [1.29, 1.82) is 0 Å². The number of nitrogens with one attached hydrogen (secondary N) is 2. The maximum absolute atomic E-state index is 12.4. The molecule has 2 fully saturated rings. The number of amides is 1. The topological polar surface area (TPSA) is 77.0 Å². The van der Waals surface area contributed by atoms with E-state index in [1.807, 2.05) is 23.1 Å². The molecule has 1 aliphatic carbocycles. The van der Waals surface area contributed by atoms with Crippen molar-refractivity contribution in [3.8, 4) is 0 Å². The van der Waals surface area contributed by atoms with Crippen LogP contribution in [0.25, 0.3) is 0 Å². The molecule has 3 unspecified atom stereocenters. The summed E-state index contributed by atoms with van der Waals surface area (Å²) in [6, 6.07) is 10.3. The van der Waals surface area contributed by atoms with E-state index < -0.39 is 0 Å². The zero-order valence-electron chi connectivity index (χ0n) is 19.0. The number of guanidine groups is 1. The van der Waals surface area contributed by atoms with Gasteiger partial charge in [-0.25, -0.2) is 0 Å². The molecule has 3 rings (SSSR count). The van der Waals surface area contributed by atoms with Crippen molar-refractivity contribution in [3.05, 3.63) is 35.9 Å². The molecule has 1 saturated heterocycles. The zero-order valence-corrected chi connectivity index (χ0v) is 21.3. The highest BCUT2D eigenvalue weighted by Gasteiger charge is 2.35. The van der Waals surface area contributed by atoms with Gasteiger partial charge in [-0.1, -0.05) is 50.1 Å². The molecule has 0 radical (unpaired) electrons. The molecule has 3 N–H and O–H groups in total. The zero-order chi connectivity index (χ0) is 21.4. The summed E-state index contributed by atoms with van der Waals surface area (Å²) in [7, 11) is 0. The Balaban J connectivity index is 0.00000341. The summed E-state index contributed by atoms with van der Waals surface area (Å²) < 4.78 is 0. The molecule has 31 heavy (non-hydrogen) atoms. The molecule has 7 heteroatoms. The average molecular weight is 543 g/mol. The molecule has 1 aliphatic heterocycles. The number of aliphatic hydroxyl groups excluding tert-OH is 1. The molecular weight excluding hydrogens is 503 g/mol. The highest BCUT2D eigenvalue weighted by molar-refractivity contribution is 14.0. The first-order valence-corrected chi connectivity index (χ1v) is 11.5. The van der Waals surface area contributed by atoms with Gasteiger partial charge in [0.15, 0.2) is 5.96 Å². The van der Waals surface area contributed by atoms with Gasteiger partial charge in [0.25, 0.3) is 0 Å². The SMILES string of the molecule is CCNC(=NCC1(C)CCCCC1O)NCC1CC(=O)N(CCc2ccccc2)C1.I. The molecule has 0 aromatic heterocycles. The van der Waals surface area contributed by atoms with Gasteiger partial charge in [-0.3, -0.25) is 9.79 Å². The molecule has 1 heterocycles. The van der Waals surface area contributed by atoms with E-state index in [1.165, 1.54) is 5.56 Å². The van der Waals surface area contributed by atoms with E-state index >= 15 is 0 Å². The van der Waals surface area contributed by atoms with E-state index in [1.54, 1.807) is 0 Å². The quantitative estimate of drug-likeness (QED) is 0.268. The van der Waals surface area contributed by atoms with Crippen LogP contribution in [0.3, 0.4) is 0 Å². The molecule has 0 spiro atoms.